The van der Waals surface area contributed by atoms with E-state index in [0.717, 1.165) is 49.9 Å². The molecule has 0 amide bonds. The summed E-state index contributed by atoms with van der Waals surface area (Å²) in [6.07, 6.45) is 4.23. The van der Waals surface area contributed by atoms with Gasteiger partial charge in [0.1, 0.15) is 5.60 Å². The van der Waals surface area contributed by atoms with Gasteiger partial charge in [-0.15, -0.1) is 0 Å². The fourth-order valence-electron chi connectivity index (χ4n) is 4.28. The molecule has 1 aliphatic carbocycles. The second kappa shape index (κ2) is 5.53. The summed E-state index contributed by atoms with van der Waals surface area (Å²) in [5, 5.41) is 15.4. The third-order valence-electron chi connectivity index (χ3n) is 5.41. The van der Waals surface area contributed by atoms with Crippen molar-refractivity contribution in [3.63, 3.8) is 0 Å². The van der Waals surface area contributed by atoms with Crippen LogP contribution in [0.3, 0.4) is 0 Å². The van der Waals surface area contributed by atoms with Crippen molar-refractivity contribution in [3.05, 3.63) is 70.8 Å². The minimum atomic E-state index is -0.864. The van der Waals surface area contributed by atoms with Gasteiger partial charge >= 0.3 is 0 Å². The molecule has 114 valence electrons. The minimum absolute atomic E-state index is 0.238. The molecule has 1 aliphatic heterocycles. The van der Waals surface area contributed by atoms with Gasteiger partial charge in [-0.1, -0.05) is 48.5 Å². The third-order valence-corrected chi connectivity index (χ3v) is 5.41. The molecular formula is C20H23NO. The van der Waals surface area contributed by atoms with Gasteiger partial charge in [0.2, 0.25) is 0 Å². The first-order valence-corrected chi connectivity index (χ1v) is 8.40. The Bertz CT molecular complexity index is 625. The zero-order chi connectivity index (χ0) is 15.0. The van der Waals surface area contributed by atoms with Crippen LogP contribution < -0.4 is 5.32 Å². The number of nitrogens with one attached hydrogen (secondary N) is 1. The van der Waals surface area contributed by atoms with Crippen LogP contribution in [0.5, 0.6) is 0 Å². The Labute approximate surface area is 132 Å². The number of rotatable bonds is 1. The zero-order valence-corrected chi connectivity index (χ0v) is 12.9. The molecule has 4 rings (SSSR count). The first kappa shape index (κ1) is 14.0. The molecule has 2 N–H and O–H groups in total. The highest BCUT2D eigenvalue weighted by atomic mass is 16.3. The Morgan fingerprint density at radius 1 is 0.909 bits per heavy atom. The van der Waals surface area contributed by atoms with E-state index in [1.54, 1.807) is 0 Å². The number of aliphatic hydroxyl groups is 1. The van der Waals surface area contributed by atoms with E-state index >= 15 is 0 Å². The molecule has 0 saturated carbocycles. The summed E-state index contributed by atoms with van der Waals surface area (Å²) in [6, 6.07) is 16.9. The summed E-state index contributed by atoms with van der Waals surface area (Å²) >= 11 is 0. The molecule has 0 aromatic heterocycles. The van der Waals surface area contributed by atoms with Gasteiger partial charge < -0.3 is 10.4 Å². The van der Waals surface area contributed by atoms with Crippen LogP contribution in [0.2, 0.25) is 0 Å². The second-order valence-electron chi connectivity index (χ2n) is 6.62. The summed E-state index contributed by atoms with van der Waals surface area (Å²) in [5.74, 6) is 0.238. The molecule has 22 heavy (non-hydrogen) atoms. The lowest BCUT2D eigenvalue weighted by Gasteiger charge is -2.40. The quantitative estimate of drug-likeness (QED) is 0.847. The maximum Gasteiger partial charge on any atom is 0.119 e. The van der Waals surface area contributed by atoms with Crippen molar-refractivity contribution < 1.29 is 5.11 Å². The summed E-state index contributed by atoms with van der Waals surface area (Å²) in [5.41, 5.74) is 3.97. The molecule has 1 fully saturated rings. The van der Waals surface area contributed by atoms with E-state index in [-0.39, 0.29) is 5.92 Å². The van der Waals surface area contributed by atoms with Crippen LogP contribution in [0, 0.1) is 5.92 Å². The lowest BCUT2D eigenvalue weighted by molar-refractivity contribution is 0.00490. The molecule has 2 aromatic carbocycles. The zero-order valence-electron chi connectivity index (χ0n) is 12.9. The molecule has 2 aliphatic rings. The molecule has 1 heterocycles. The average Bonchev–Trinajstić information content (AvgIpc) is 2.73. The van der Waals surface area contributed by atoms with Crippen molar-refractivity contribution in [2.75, 3.05) is 13.1 Å². The molecule has 1 atom stereocenters. The number of hydrogen-bond acceptors (Lipinski definition) is 2. The molecular weight excluding hydrogens is 270 g/mol. The lowest BCUT2D eigenvalue weighted by Crippen LogP contribution is -2.45. The van der Waals surface area contributed by atoms with Crippen molar-refractivity contribution in [1.82, 2.24) is 5.32 Å². The highest BCUT2D eigenvalue weighted by Crippen LogP contribution is 2.44. The third kappa shape index (κ3) is 2.10. The van der Waals surface area contributed by atoms with E-state index < -0.39 is 5.60 Å². The first-order chi connectivity index (χ1) is 10.8. The molecule has 0 spiro atoms. The largest absolute Gasteiger partial charge is 0.380 e. The monoisotopic (exact) mass is 293 g/mol. The second-order valence-corrected chi connectivity index (χ2v) is 6.62. The number of piperidine rings is 1. The molecule has 2 nitrogen and oxygen atoms in total. The van der Waals surface area contributed by atoms with Crippen molar-refractivity contribution >= 4 is 0 Å². The Morgan fingerprint density at radius 3 is 2.05 bits per heavy atom. The van der Waals surface area contributed by atoms with E-state index in [9.17, 15) is 5.11 Å². The predicted octanol–water partition coefficient (Wildman–Crippen LogP) is 3.02. The lowest BCUT2D eigenvalue weighted by atomic mass is 9.71. The Hall–Kier alpha value is -1.64. The van der Waals surface area contributed by atoms with Crippen LogP contribution in [-0.4, -0.2) is 18.2 Å². The number of fused-ring (bicyclic) bond motifs is 2. The van der Waals surface area contributed by atoms with Gasteiger partial charge in [-0.25, -0.2) is 0 Å². The van der Waals surface area contributed by atoms with Crippen molar-refractivity contribution in [1.29, 1.82) is 0 Å². The fourth-order valence-corrected chi connectivity index (χ4v) is 4.28. The van der Waals surface area contributed by atoms with Gasteiger partial charge in [0.15, 0.2) is 0 Å². The maximum absolute atomic E-state index is 11.9. The minimum Gasteiger partial charge on any atom is -0.380 e. The summed E-state index contributed by atoms with van der Waals surface area (Å²) in [4.78, 5) is 0. The van der Waals surface area contributed by atoms with E-state index in [1.807, 2.05) is 0 Å². The van der Waals surface area contributed by atoms with E-state index in [2.05, 4.69) is 53.8 Å². The molecule has 0 unspecified atom stereocenters. The first-order valence-electron chi connectivity index (χ1n) is 8.40. The maximum atomic E-state index is 11.9. The van der Waals surface area contributed by atoms with Gasteiger partial charge in [0, 0.05) is 12.5 Å². The highest BCUT2D eigenvalue weighted by molar-refractivity contribution is 5.48. The van der Waals surface area contributed by atoms with Crippen LogP contribution in [0.15, 0.2) is 48.5 Å². The van der Waals surface area contributed by atoms with Crippen LogP contribution in [0.1, 0.15) is 35.1 Å². The molecule has 0 bridgehead atoms. The Balaban J connectivity index is 1.94. The Kier molecular flexibility index (Phi) is 3.51. The summed E-state index contributed by atoms with van der Waals surface area (Å²) in [6.45, 7) is 1.95. The van der Waals surface area contributed by atoms with Crippen molar-refractivity contribution in [2.45, 2.75) is 31.3 Å². The molecule has 0 radical (unpaired) electrons. The summed E-state index contributed by atoms with van der Waals surface area (Å²) in [7, 11) is 0. The average molecular weight is 293 g/mol. The SMILES string of the molecule is OC1([C@@H]2CCCNC2)c2ccccc2CCc2ccccc21. The van der Waals surface area contributed by atoms with Gasteiger partial charge in [0.05, 0.1) is 0 Å². The number of aryl methyl sites for hydroxylation is 2. The van der Waals surface area contributed by atoms with E-state index in [1.165, 1.54) is 11.1 Å². The van der Waals surface area contributed by atoms with Crippen LogP contribution in [0.25, 0.3) is 0 Å². The fraction of sp³-hybridized carbons (Fsp3) is 0.400. The van der Waals surface area contributed by atoms with Gasteiger partial charge in [-0.2, -0.15) is 0 Å². The standard InChI is InChI=1S/C20H23NO/c22-20(17-8-5-13-21-14-17)18-9-3-1-6-15(18)11-12-16-7-2-4-10-19(16)20/h1-4,6-7,9-10,17,21-22H,5,8,11-14H2/t17-/m1/s1. The van der Waals surface area contributed by atoms with Crippen molar-refractivity contribution in [3.8, 4) is 0 Å². The summed E-state index contributed by atoms with van der Waals surface area (Å²) < 4.78 is 0. The van der Waals surface area contributed by atoms with Crippen LogP contribution >= 0.6 is 0 Å². The van der Waals surface area contributed by atoms with Gasteiger partial charge in [-0.05, 0) is 54.5 Å². The number of benzene rings is 2. The molecule has 2 aromatic rings. The normalized spacial score (nSPS) is 23.2. The smallest absolute Gasteiger partial charge is 0.119 e. The molecule has 1 saturated heterocycles. The van der Waals surface area contributed by atoms with Crippen LogP contribution in [-0.2, 0) is 18.4 Å². The van der Waals surface area contributed by atoms with Crippen molar-refractivity contribution in [2.24, 2.45) is 5.92 Å². The topological polar surface area (TPSA) is 32.3 Å². The molecule has 2 heteroatoms. The predicted molar refractivity (Wildman–Crippen MR) is 88.9 cm³/mol. The Morgan fingerprint density at radius 2 is 1.50 bits per heavy atom. The van der Waals surface area contributed by atoms with Gasteiger partial charge in [-0.3, -0.25) is 0 Å². The van der Waals surface area contributed by atoms with Crippen LogP contribution in [0.4, 0.5) is 0 Å². The van der Waals surface area contributed by atoms with E-state index in [4.69, 9.17) is 0 Å². The number of hydrogen-bond donors (Lipinski definition) is 2. The highest BCUT2D eigenvalue weighted by Gasteiger charge is 2.43. The van der Waals surface area contributed by atoms with E-state index in [0.29, 0.717) is 0 Å². The van der Waals surface area contributed by atoms with Gasteiger partial charge in [0.25, 0.3) is 0 Å².